The molecule has 216 valence electrons. The second kappa shape index (κ2) is 10.7. The number of hydrogen-bond donors (Lipinski definition) is 0. The Kier molecular flexibility index (Phi) is 6.69. The van der Waals surface area contributed by atoms with Gasteiger partial charge < -0.3 is 9.47 Å². The van der Waals surface area contributed by atoms with Gasteiger partial charge in [0, 0.05) is 34.3 Å². The molecule has 3 aromatic heterocycles. The Morgan fingerprint density at radius 3 is 2.67 bits per heavy atom. The molecule has 0 spiro atoms. The number of rotatable bonds is 7. The first-order valence-electron chi connectivity index (χ1n) is 14.6. The van der Waals surface area contributed by atoms with E-state index in [0.717, 1.165) is 65.3 Å². The van der Waals surface area contributed by atoms with Gasteiger partial charge >= 0.3 is 0 Å². The summed E-state index contributed by atoms with van der Waals surface area (Å²) in [6.45, 7) is 1.03. The molecule has 1 saturated heterocycles. The molecule has 43 heavy (non-hydrogen) atoms. The summed E-state index contributed by atoms with van der Waals surface area (Å²) < 4.78 is 14.3. The van der Waals surface area contributed by atoms with E-state index in [1.165, 1.54) is 11.8 Å². The standard InChI is InChI=1S/C33H28ClN5O3S/c1-43-33-37-30-28(32(38-33)42-17-18-7-3-2-4-8-18)20-12-13-35-29(27(20)31(30)40)26-21-16-36-39(24-9-5-6-14-41-24)23(21)15-22(34)25(26)19-10-11-19/h2-4,7-8,12-13,15-16,19,24H,5-6,9-11,14,17H2,1H3. The van der Waals surface area contributed by atoms with E-state index < -0.39 is 0 Å². The topological polar surface area (TPSA) is 92.0 Å². The molecule has 1 atom stereocenters. The number of carbonyl (C=O) groups excluding carboxylic acids is 1. The van der Waals surface area contributed by atoms with Crippen molar-refractivity contribution in [2.45, 2.75) is 56.0 Å². The summed E-state index contributed by atoms with van der Waals surface area (Å²) in [6, 6.07) is 13.8. The van der Waals surface area contributed by atoms with Crippen LogP contribution in [0, 0.1) is 0 Å². The number of carbonyl (C=O) groups is 1. The maximum atomic E-state index is 14.3. The lowest BCUT2D eigenvalue weighted by molar-refractivity contribution is -0.0366. The van der Waals surface area contributed by atoms with Crippen LogP contribution in [0.4, 0.5) is 0 Å². The summed E-state index contributed by atoms with van der Waals surface area (Å²) in [6.07, 6.45) is 10.5. The van der Waals surface area contributed by atoms with Crippen LogP contribution in [0.2, 0.25) is 5.02 Å². The number of aromatic nitrogens is 5. The zero-order valence-electron chi connectivity index (χ0n) is 23.5. The second-order valence-electron chi connectivity index (χ2n) is 11.2. The number of halogens is 1. The van der Waals surface area contributed by atoms with E-state index in [0.29, 0.717) is 57.7 Å². The first-order chi connectivity index (χ1) is 21.1. The van der Waals surface area contributed by atoms with Gasteiger partial charge in [-0.15, -0.1) is 0 Å². The third-order valence-electron chi connectivity index (χ3n) is 8.46. The average Bonchev–Trinajstić information content (AvgIpc) is 3.74. The van der Waals surface area contributed by atoms with Crippen LogP contribution in [0.5, 0.6) is 5.88 Å². The minimum absolute atomic E-state index is 0.146. The normalized spacial score (nSPS) is 17.7. The molecule has 0 radical (unpaired) electrons. The van der Waals surface area contributed by atoms with Crippen molar-refractivity contribution in [3.8, 4) is 28.3 Å². The molecule has 2 fully saturated rings. The van der Waals surface area contributed by atoms with Crippen molar-refractivity contribution in [3.05, 3.63) is 82.3 Å². The van der Waals surface area contributed by atoms with Crippen LogP contribution in [-0.4, -0.2) is 43.4 Å². The van der Waals surface area contributed by atoms with Crippen molar-refractivity contribution in [2.75, 3.05) is 12.9 Å². The number of nitrogens with zero attached hydrogens (tertiary/aromatic N) is 5. The lowest BCUT2D eigenvalue weighted by Gasteiger charge is -2.24. The number of fused-ring (bicyclic) bond motifs is 4. The smallest absolute Gasteiger partial charge is 0.226 e. The van der Waals surface area contributed by atoms with Gasteiger partial charge in [-0.1, -0.05) is 53.7 Å². The number of thioether (sulfide) groups is 1. The third-order valence-corrected chi connectivity index (χ3v) is 9.32. The van der Waals surface area contributed by atoms with E-state index >= 15 is 0 Å². The molecule has 1 aliphatic heterocycles. The molecule has 5 aromatic rings. The van der Waals surface area contributed by atoms with Crippen molar-refractivity contribution in [1.82, 2.24) is 24.7 Å². The lowest BCUT2D eigenvalue weighted by atomic mass is 9.92. The predicted octanol–water partition coefficient (Wildman–Crippen LogP) is 7.63. The van der Waals surface area contributed by atoms with Gasteiger partial charge in [-0.3, -0.25) is 9.78 Å². The monoisotopic (exact) mass is 609 g/mol. The number of benzene rings is 2. The Morgan fingerprint density at radius 2 is 1.91 bits per heavy atom. The average molecular weight is 610 g/mol. The highest BCUT2D eigenvalue weighted by atomic mass is 35.5. The number of pyridine rings is 1. The van der Waals surface area contributed by atoms with Gasteiger partial charge in [0.05, 0.1) is 28.5 Å². The molecule has 4 heterocycles. The Morgan fingerprint density at radius 1 is 1.05 bits per heavy atom. The quantitative estimate of drug-likeness (QED) is 0.135. The first-order valence-corrected chi connectivity index (χ1v) is 16.2. The Balaban J connectivity index is 1.31. The summed E-state index contributed by atoms with van der Waals surface area (Å²) in [5.74, 6) is 0.516. The van der Waals surface area contributed by atoms with E-state index in [1.807, 2.05) is 59.6 Å². The Hall–Kier alpha value is -3.79. The molecule has 2 aliphatic carbocycles. The SMILES string of the molecule is CSc1nc(OCc2ccccc2)c2c(n1)C(=O)c1c-2ccnc1-c1c(C2CC2)c(Cl)cc2c1cnn2C1CCCCO1. The molecule has 10 heteroatoms. The largest absolute Gasteiger partial charge is 0.472 e. The van der Waals surface area contributed by atoms with Crippen LogP contribution in [0.1, 0.15) is 71.4 Å². The van der Waals surface area contributed by atoms with E-state index in [9.17, 15) is 4.79 Å². The van der Waals surface area contributed by atoms with E-state index in [2.05, 4.69) is 4.98 Å². The number of ketones is 1. The van der Waals surface area contributed by atoms with Gasteiger partial charge in [-0.05, 0) is 67.5 Å². The minimum atomic E-state index is -0.187. The molecular formula is C33H28ClN5O3S. The highest BCUT2D eigenvalue weighted by Crippen LogP contribution is 2.53. The van der Waals surface area contributed by atoms with Crippen LogP contribution in [0.15, 0.2) is 60.0 Å². The molecule has 1 unspecified atom stereocenters. The Bertz CT molecular complexity index is 1900. The zero-order chi connectivity index (χ0) is 29.1. The van der Waals surface area contributed by atoms with Crippen molar-refractivity contribution in [1.29, 1.82) is 0 Å². The van der Waals surface area contributed by atoms with Gasteiger partial charge in [-0.25, -0.2) is 9.67 Å². The molecule has 0 amide bonds. The maximum Gasteiger partial charge on any atom is 0.226 e. The number of hydrogen-bond acceptors (Lipinski definition) is 8. The summed E-state index contributed by atoms with van der Waals surface area (Å²) >= 11 is 8.44. The fourth-order valence-corrected chi connectivity index (χ4v) is 7.01. The van der Waals surface area contributed by atoms with Crippen molar-refractivity contribution in [3.63, 3.8) is 0 Å². The molecule has 8 rings (SSSR count). The van der Waals surface area contributed by atoms with Gasteiger partial charge in [0.1, 0.15) is 12.3 Å². The minimum Gasteiger partial charge on any atom is -0.472 e. The molecule has 1 saturated carbocycles. The molecule has 2 aromatic carbocycles. The first kappa shape index (κ1) is 26.8. The zero-order valence-corrected chi connectivity index (χ0v) is 25.1. The molecule has 0 bridgehead atoms. The van der Waals surface area contributed by atoms with Crippen molar-refractivity contribution in [2.24, 2.45) is 0 Å². The van der Waals surface area contributed by atoms with Crippen LogP contribution in [0.25, 0.3) is 33.3 Å². The lowest BCUT2D eigenvalue weighted by Crippen LogP contribution is -2.19. The van der Waals surface area contributed by atoms with Crippen molar-refractivity contribution >= 4 is 40.0 Å². The Labute approximate surface area is 257 Å². The van der Waals surface area contributed by atoms with Crippen molar-refractivity contribution < 1.29 is 14.3 Å². The van der Waals surface area contributed by atoms with Crippen LogP contribution in [0.3, 0.4) is 0 Å². The van der Waals surface area contributed by atoms with Crippen LogP contribution >= 0.6 is 23.4 Å². The summed E-state index contributed by atoms with van der Waals surface area (Å²) in [7, 11) is 0. The summed E-state index contributed by atoms with van der Waals surface area (Å²) in [4.78, 5) is 28.5. The predicted molar refractivity (Wildman–Crippen MR) is 166 cm³/mol. The van der Waals surface area contributed by atoms with Gasteiger partial charge in [-0.2, -0.15) is 10.1 Å². The van der Waals surface area contributed by atoms with Crippen LogP contribution < -0.4 is 4.74 Å². The number of ether oxygens (including phenoxy) is 2. The fraction of sp³-hybridized carbons (Fsp3) is 0.303. The molecule has 3 aliphatic rings. The van der Waals surface area contributed by atoms with Gasteiger partial charge in [0.2, 0.25) is 11.7 Å². The fourth-order valence-electron chi connectivity index (χ4n) is 6.30. The second-order valence-corrected chi connectivity index (χ2v) is 12.4. The maximum absolute atomic E-state index is 14.3. The van der Waals surface area contributed by atoms with E-state index in [4.69, 9.17) is 36.1 Å². The van der Waals surface area contributed by atoms with E-state index in [1.54, 1.807) is 6.20 Å². The highest BCUT2D eigenvalue weighted by Gasteiger charge is 2.39. The van der Waals surface area contributed by atoms with Gasteiger partial charge in [0.15, 0.2) is 11.4 Å². The third kappa shape index (κ3) is 4.53. The van der Waals surface area contributed by atoms with E-state index in [-0.39, 0.29) is 12.0 Å². The van der Waals surface area contributed by atoms with Crippen LogP contribution in [-0.2, 0) is 11.3 Å². The summed E-state index contributed by atoms with van der Waals surface area (Å²) in [5, 5.41) is 6.85. The molecule has 8 nitrogen and oxygen atoms in total. The molecular weight excluding hydrogens is 582 g/mol. The molecule has 0 N–H and O–H groups in total. The highest BCUT2D eigenvalue weighted by molar-refractivity contribution is 7.98. The van der Waals surface area contributed by atoms with Gasteiger partial charge in [0.25, 0.3) is 0 Å². The summed E-state index contributed by atoms with van der Waals surface area (Å²) in [5.41, 5.74) is 6.55.